The Morgan fingerprint density at radius 2 is 1.77 bits per heavy atom. The quantitative estimate of drug-likeness (QED) is 0.159. The van der Waals surface area contributed by atoms with Crippen LogP contribution < -0.4 is 19.9 Å². The zero-order valence-electron chi connectivity index (χ0n) is 34.8. The highest BCUT2D eigenvalue weighted by atomic mass is 19.1. The molecular weight excluding hydrogens is 762 g/mol. The number of phenolic OH excluding ortho intramolecular Hbond substituents is 1. The van der Waals surface area contributed by atoms with E-state index < -0.39 is 5.82 Å². The largest absolute Gasteiger partial charge is 0.508 e. The first kappa shape index (κ1) is 39.1. The molecular formula is C46H56FN9O4. The summed E-state index contributed by atoms with van der Waals surface area (Å²) >= 11 is 0. The van der Waals surface area contributed by atoms with Crippen LogP contribution in [0.3, 0.4) is 0 Å². The SMILES string of the molecule is CCc1cccc2cc(O)cc(-c3ncc4c(N5CC6CCC(C5)N6)nc(OC5CCN(CC6CCN(c7cc(CC(=O)N8CCCC8C)on7)CC6)CC5)nc4c3F)c12. The predicted octanol–water partition coefficient (Wildman–Crippen LogP) is 6.49. The highest BCUT2D eigenvalue weighted by Crippen LogP contribution is 2.39. The third-order valence-corrected chi connectivity index (χ3v) is 13.9. The van der Waals surface area contributed by atoms with Gasteiger partial charge in [0.05, 0.1) is 11.8 Å². The van der Waals surface area contributed by atoms with Gasteiger partial charge in [-0.2, -0.15) is 9.97 Å². The van der Waals surface area contributed by atoms with E-state index in [1.54, 1.807) is 18.3 Å². The van der Waals surface area contributed by atoms with Gasteiger partial charge in [0.2, 0.25) is 5.91 Å². The molecule has 1 amide bonds. The Kier molecular flexibility index (Phi) is 10.7. The van der Waals surface area contributed by atoms with Crippen LogP contribution in [0.5, 0.6) is 11.8 Å². The fourth-order valence-electron chi connectivity index (χ4n) is 10.6. The van der Waals surface area contributed by atoms with E-state index in [0.29, 0.717) is 46.6 Å². The molecule has 2 N–H and O–H groups in total. The molecule has 0 spiro atoms. The Morgan fingerprint density at radius 1 is 0.967 bits per heavy atom. The number of ether oxygens (including phenoxy) is 1. The van der Waals surface area contributed by atoms with Crippen molar-refractivity contribution in [3.63, 3.8) is 0 Å². The molecule has 5 aliphatic heterocycles. The number of fused-ring (bicyclic) bond motifs is 4. The van der Waals surface area contributed by atoms with E-state index >= 15 is 4.39 Å². The lowest BCUT2D eigenvalue weighted by Gasteiger charge is -2.37. The summed E-state index contributed by atoms with van der Waals surface area (Å²) in [5, 5.41) is 21.0. The summed E-state index contributed by atoms with van der Waals surface area (Å²) in [6.07, 6.45) is 10.8. The molecule has 316 valence electrons. The molecule has 5 aliphatic rings. The van der Waals surface area contributed by atoms with Crippen LogP contribution in [0, 0.1) is 11.7 Å². The first-order valence-corrected chi connectivity index (χ1v) is 22.3. The lowest BCUT2D eigenvalue weighted by Crippen LogP contribution is -2.51. The van der Waals surface area contributed by atoms with Gasteiger partial charge in [0, 0.05) is 88.3 Å². The summed E-state index contributed by atoms with van der Waals surface area (Å²) in [5.74, 6) is 2.37. The minimum Gasteiger partial charge on any atom is -0.508 e. The molecule has 3 atom stereocenters. The maximum atomic E-state index is 17.1. The summed E-state index contributed by atoms with van der Waals surface area (Å²) in [7, 11) is 0. The van der Waals surface area contributed by atoms with Crippen LogP contribution in [-0.4, -0.2) is 118 Å². The highest BCUT2D eigenvalue weighted by molar-refractivity contribution is 6.01. The molecule has 60 heavy (non-hydrogen) atoms. The Bertz CT molecular complexity index is 2360. The second-order valence-electron chi connectivity index (χ2n) is 17.9. The molecule has 3 unspecified atom stereocenters. The number of nitrogens with one attached hydrogen (secondary N) is 1. The normalized spacial score (nSPS) is 23.1. The first-order chi connectivity index (χ1) is 29.3. The number of aryl methyl sites for hydroxylation is 1. The molecule has 0 saturated carbocycles. The summed E-state index contributed by atoms with van der Waals surface area (Å²) in [6.45, 7) is 11.3. The third kappa shape index (κ3) is 7.72. The van der Waals surface area contributed by atoms with Crippen LogP contribution in [0.15, 0.2) is 47.1 Å². The Balaban J connectivity index is 0.814. The van der Waals surface area contributed by atoms with Crippen LogP contribution in [0.4, 0.5) is 16.0 Å². The zero-order valence-corrected chi connectivity index (χ0v) is 34.8. The molecule has 14 heteroatoms. The maximum Gasteiger partial charge on any atom is 0.319 e. The van der Waals surface area contributed by atoms with Gasteiger partial charge in [-0.1, -0.05) is 30.3 Å². The number of pyridine rings is 1. The molecule has 0 aliphatic carbocycles. The third-order valence-electron chi connectivity index (χ3n) is 13.9. The van der Waals surface area contributed by atoms with Crippen molar-refractivity contribution in [3.05, 3.63) is 59.7 Å². The van der Waals surface area contributed by atoms with Crippen LogP contribution in [0.2, 0.25) is 0 Å². The van der Waals surface area contributed by atoms with Gasteiger partial charge in [0.1, 0.15) is 34.6 Å². The number of anilines is 2. The van der Waals surface area contributed by atoms with Gasteiger partial charge in [-0.15, -0.1) is 0 Å². The Hall–Kier alpha value is -5.08. The molecule has 8 heterocycles. The summed E-state index contributed by atoms with van der Waals surface area (Å²) in [4.78, 5) is 36.4. The molecule has 5 fully saturated rings. The number of amides is 1. The van der Waals surface area contributed by atoms with Crippen LogP contribution in [0.1, 0.15) is 76.5 Å². The fourth-order valence-corrected chi connectivity index (χ4v) is 10.6. The van der Waals surface area contributed by atoms with Gasteiger partial charge >= 0.3 is 6.01 Å². The van der Waals surface area contributed by atoms with Gasteiger partial charge in [-0.25, -0.2) is 4.39 Å². The number of likely N-dealkylation sites (tertiary alicyclic amines) is 2. The molecule has 13 nitrogen and oxygen atoms in total. The zero-order chi connectivity index (χ0) is 40.9. The van der Waals surface area contributed by atoms with Crippen molar-refractivity contribution in [3.8, 4) is 23.0 Å². The van der Waals surface area contributed by atoms with Crippen molar-refractivity contribution in [2.45, 2.75) is 102 Å². The summed E-state index contributed by atoms with van der Waals surface area (Å²) in [5.41, 5.74) is 1.95. The second-order valence-corrected chi connectivity index (χ2v) is 17.9. The fraction of sp³-hybridized carbons (Fsp3) is 0.543. The topological polar surface area (TPSA) is 136 Å². The number of carbonyl (C=O) groups is 1. The number of piperazine rings is 1. The van der Waals surface area contributed by atoms with E-state index in [1.165, 1.54) is 0 Å². The molecule has 5 aromatic rings. The Morgan fingerprint density at radius 3 is 2.52 bits per heavy atom. The van der Waals surface area contributed by atoms with Crippen molar-refractivity contribution in [1.82, 2.24) is 35.2 Å². The van der Waals surface area contributed by atoms with Crippen LogP contribution >= 0.6 is 0 Å². The number of halogens is 1. The molecule has 5 saturated heterocycles. The number of hydrogen-bond donors (Lipinski definition) is 2. The molecule has 2 aromatic carbocycles. The van der Waals surface area contributed by atoms with E-state index in [2.05, 4.69) is 39.0 Å². The smallest absolute Gasteiger partial charge is 0.319 e. The molecule has 10 rings (SSSR count). The lowest BCUT2D eigenvalue weighted by molar-refractivity contribution is -0.131. The number of phenols is 1. The molecule has 3 aromatic heterocycles. The van der Waals surface area contributed by atoms with Gasteiger partial charge < -0.3 is 39.3 Å². The monoisotopic (exact) mass is 817 g/mol. The number of nitrogens with zero attached hydrogens (tertiary/aromatic N) is 8. The molecule has 2 bridgehead atoms. The number of rotatable bonds is 10. The Labute approximate surface area is 350 Å². The van der Waals surface area contributed by atoms with Crippen LogP contribution in [-0.2, 0) is 17.6 Å². The second kappa shape index (κ2) is 16.4. The van der Waals surface area contributed by atoms with Gasteiger partial charge in [0.25, 0.3) is 0 Å². The van der Waals surface area contributed by atoms with Crippen molar-refractivity contribution in [2.75, 3.05) is 62.2 Å². The van der Waals surface area contributed by atoms with Crippen molar-refractivity contribution >= 4 is 39.2 Å². The number of benzene rings is 2. The summed E-state index contributed by atoms with van der Waals surface area (Å²) < 4.78 is 29.3. The van der Waals surface area contributed by atoms with E-state index in [4.69, 9.17) is 24.2 Å². The van der Waals surface area contributed by atoms with E-state index in [0.717, 1.165) is 132 Å². The van der Waals surface area contributed by atoms with Crippen molar-refractivity contribution in [2.24, 2.45) is 5.92 Å². The number of aromatic hydroxyl groups is 1. The minimum absolute atomic E-state index is 0.0607. The predicted molar refractivity (Wildman–Crippen MR) is 229 cm³/mol. The maximum absolute atomic E-state index is 17.1. The minimum atomic E-state index is -0.538. The summed E-state index contributed by atoms with van der Waals surface area (Å²) in [6, 6.07) is 12.4. The van der Waals surface area contributed by atoms with E-state index in [9.17, 15) is 9.90 Å². The number of carbonyl (C=O) groups excluding carboxylic acids is 1. The average molecular weight is 818 g/mol. The van der Waals surface area contributed by atoms with Gasteiger partial charge in [-0.3, -0.25) is 9.78 Å². The average Bonchev–Trinajstić information content (AvgIpc) is 4.00. The first-order valence-electron chi connectivity index (χ1n) is 22.3. The number of piperidine rings is 2. The van der Waals surface area contributed by atoms with Gasteiger partial charge in [0.15, 0.2) is 11.6 Å². The van der Waals surface area contributed by atoms with Crippen molar-refractivity contribution < 1.29 is 23.6 Å². The van der Waals surface area contributed by atoms with E-state index in [-0.39, 0.29) is 41.4 Å². The highest BCUT2D eigenvalue weighted by Gasteiger charge is 2.35. The lowest BCUT2D eigenvalue weighted by atomic mass is 9.95. The van der Waals surface area contributed by atoms with Gasteiger partial charge in [-0.05, 0) is 99.1 Å². The van der Waals surface area contributed by atoms with Crippen LogP contribution in [0.25, 0.3) is 32.9 Å². The molecule has 0 radical (unpaired) electrons. The number of aromatic nitrogens is 4. The number of hydrogen-bond acceptors (Lipinski definition) is 12. The van der Waals surface area contributed by atoms with E-state index in [1.807, 2.05) is 29.2 Å². The standard InChI is InChI=1S/C46H56FN9O4/c1-3-30-7-4-8-31-20-34(57)21-37(41(30)31)43-42(47)44-38(24-48-43)45(55-26-32-9-10-33(27-55)49-32)51-46(50-44)59-35-13-16-53(17-14-35)25-29-11-18-54(19-12-29)39-22-36(60-52-39)23-40(58)56-15-5-6-28(56)2/h4,7-8,20-22,24,28-29,32-33,35,49,57H,3,5-6,9-19,23,25-27H2,1-2H3. The van der Waals surface area contributed by atoms with Crippen molar-refractivity contribution in [1.29, 1.82) is 0 Å².